The van der Waals surface area contributed by atoms with E-state index >= 15 is 0 Å². The number of rotatable bonds is 5. The monoisotopic (exact) mass is 336 g/mol. The van der Waals surface area contributed by atoms with Crippen LogP contribution < -0.4 is 5.32 Å². The predicted molar refractivity (Wildman–Crippen MR) is 103 cm³/mol. The molecule has 0 aliphatic carbocycles. The molecule has 1 fully saturated rings. The lowest BCUT2D eigenvalue weighted by atomic mass is 10.0. The number of aryl methyl sites for hydroxylation is 1. The van der Waals surface area contributed by atoms with Gasteiger partial charge in [-0.1, -0.05) is 42.8 Å². The quantitative estimate of drug-likeness (QED) is 0.873. The number of nitrogens with zero attached hydrogens (tertiary/aromatic N) is 1. The average Bonchev–Trinajstić information content (AvgIpc) is 2.63. The van der Waals surface area contributed by atoms with Gasteiger partial charge >= 0.3 is 0 Å². The number of hydrogen-bond donors (Lipinski definition) is 1. The van der Waals surface area contributed by atoms with E-state index in [0.29, 0.717) is 0 Å². The van der Waals surface area contributed by atoms with E-state index in [1.807, 2.05) is 31.2 Å². The fourth-order valence-electron chi connectivity index (χ4n) is 3.57. The molecule has 2 aromatic carbocycles. The molecule has 1 amide bonds. The third-order valence-electron chi connectivity index (χ3n) is 5.07. The predicted octanol–water partition coefficient (Wildman–Crippen LogP) is 4.47. The van der Waals surface area contributed by atoms with E-state index < -0.39 is 0 Å². The molecule has 0 radical (unpaired) electrons. The van der Waals surface area contributed by atoms with Crippen molar-refractivity contribution in [2.45, 2.75) is 45.7 Å². The van der Waals surface area contributed by atoms with Crippen molar-refractivity contribution in [1.82, 2.24) is 10.2 Å². The molecule has 3 rings (SSSR count). The highest BCUT2D eigenvalue weighted by Gasteiger charge is 2.14. The Labute approximate surface area is 151 Å². The van der Waals surface area contributed by atoms with Crippen molar-refractivity contribution < 1.29 is 4.79 Å². The highest BCUT2D eigenvalue weighted by molar-refractivity contribution is 5.94. The highest BCUT2D eigenvalue weighted by Crippen LogP contribution is 2.18. The summed E-state index contributed by atoms with van der Waals surface area (Å²) in [5, 5.41) is 3.10. The van der Waals surface area contributed by atoms with Gasteiger partial charge in [0.05, 0.1) is 6.04 Å². The first kappa shape index (κ1) is 17.7. The second kappa shape index (κ2) is 8.30. The van der Waals surface area contributed by atoms with Gasteiger partial charge in [-0.3, -0.25) is 9.69 Å². The second-order valence-electron chi connectivity index (χ2n) is 7.09. The Bertz CT molecular complexity index is 702. The summed E-state index contributed by atoms with van der Waals surface area (Å²) in [6.45, 7) is 7.48. The molecule has 1 aliphatic rings. The maximum absolute atomic E-state index is 12.5. The molecule has 3 heteroatoms. The van der Waals surface area contributed by atoms with Crippen LogP contribution in [0.2, 0.25) is 0 Å². The normalized spacial score (nSPS) is 16.4. The van der Waals surface area contributed by atoms with Crippen LogP contribution in [0, 0.1) is 6.92 Å². The number of carbonyl (C=O) groups is 1. The van der Waals surface area contributed by atoms with Gasteiger partial charge < -0.3 is 5.32 Å². The van der Waals surface area contributed by atoms with Crippen molar-refractivity contribution >= 4 is 5.91 Å². The van der Waals surface area contributed by atoms with E-state index in [9.17, 15) is 4.79 Å². The van der Waals surface area contributed by atoms with E-state index in [1.165, 1.54) is 43.5 Å². The molecular weight excluding hydrogens is 308 g/mol. The van der Waals surface area contributed by atoms with Crippen LogP contribution in [0.15, 0.2) is 48.5 Å². The molecule has 0 bridgehead atoms. The van der Waals surface area contributed by atoms with Gasteiger partial charge in [0.2, 0.25) is 0 Å². The molecule has 0 aromatic heterocycles. The van der Waals surface area contributed by atoms with Crippen LogP contribution in [-0.2, 0) is 6.54 Å². The summed E-state index contributed by atoms with van der Waals surface area (Å²) in [6, 6.07) is 16.2. The van der Waals surface area contributed by atoms with Crippen molar-refractivity contribution in [3.05, 3.63) is 70.8 Å². The Morgan fingerprint density at radius 1 is 1.04 bits per heavy atom. The molecule has 25 heavy (non-hydrogen) atoms. The van der Waals surface area contributed by atoms with E-state index in [4.69, 9.17) is 0 Å². The lowest BCUT2D eigenvalue weighted by Crippen LogP contribution is -2.29. The Hall–Kier alpha value is -2.13. The van der Waals surface area contributed by atoms with Gasteiger partial charge in [-0.15, -0.1) is 0 Å². The average molecular weight is 336 g/mol. The van der Waals surface area contributed by atoms with E-state index in [0.717, 1.165) is 17.7 Å². The number of carbonyl (C=O) groups excluding carboxylic acids is 1. The number of benzene rings is 2. The zero-order valence-corrected chi connectivity index (χ0v) is 15.3. The topological polar surface area (TPSA) is 32.3 Å². The van der Waals surface area contributed by atoms with Crippen molar-refractivity contribution in [3.8, 4) is 0 Å². The molecule has 2 aromatic rings. The van der Waals surface area contributed by atoms with Gasteiger partial charge in [0.1, 0.15) is 0 Å². The Balaban J connectivity index is 1.59. The molecule has 1 heterocycles. The van der Waals surface area contributed by atoms with E-state index in [1.54, 1.807) is 0 Å². The van der Waals surface area contributed by atoms with E-state index in [2.05, 4.69) is 41.4 Å². The van der Waals surface area contributed by atoms with Gasteiger partial charge in [0.25, 0.3) is 5.91 Å². The highest BCUT2D eigenvalue weighted by atomic mass is 16.1. The first-order valence-corrected chi connectivity index (χ1v) is 9.31. The Morgan fingerprint density at radius 2 is 1.72 bits per heavy atom. The SMILES string of the molecule is Cc1ccccc1[C@@H](C)NC(=O)c1ccc(CN2CCCCC2)cc1. The zero-order chi connectivity index (χ0) is 17.6. The van der Waals surface area contributed by atoms with Gasteiger partial charge in [0, 0.05) is 12.1 Å². The molecule has 1 aliphatic heterocycles. The maximum Gasteiger partial charge on any atom is 0.251 e. The third-order valence-corrected chi connectivity index (χ3v) is 5.07. The molecule has 3 nitrogen and oxygen atoms in total. The van der Waals surface area contributed by atoms with Gasteiger partial charge in [-0.2, -0.15) is 0 Å². The molecule has 1 atom stereocenters. The first-order chi connectivity index (χ1) is 12.1. The van der Waals surface area contributed by atoms with Crippen molar-refractivity contribution in [2.75, 3.05) is 13.1 Å². The van der Waals surface area contributed by atoms with Gasteiger partial charge in [0.15, 0.2) is 0 Å². The number of piperidine rings is 1. The second-order valence-corrected chi connectivity index (χ2v) is 7.09. The molecule has 1 N–H and O–H groups in total. The summed E-state index contributed by atoms with van der Waals surface area (Å²) < 4.78 is 0. The Morgan fingerprint density at radius 3 is 2.40 bits per heavy atom. The number of likely N-dealkylation sites (tertiary alicyclic amines) is 1. The zero-order valence-electron chi connectivity index (χ0n) is 15.3. The van der Waals surface area contributed by atoms with Crippen LogP contribution in [0.1, 0.15) is 59.3 Å². The van der Waals surface area contributed by atoms with Crippen molar-refractivity contribution in [2.24, 2.45) is 0 Å². The summed E-state index contributed by atoms with van der Waals surface area (Å²) in [4.78, 5) is 15.0. The van der Waals surface area contributed by atoms with Crippen LogP contribution in [0.3, 0.4) is 0 Å². The van der Waals surface area contributed by atoms with Crippen LogP contribution in [-0.4, -0.2) is 23.9 Å². The largest absolute Gasteiger partial charge is 0.346 e. The van der Waals surface area contributed by atoms with Gasteiger partial charge in [-0.05, 0) is 68.6 Å². The molecular formula is C22H28N2O. The number of nitrogens with one attached hydrogen (secondary N) is 1. The molecule has 0 spiro atoms. The number of hydrogen-bond acceptors (Lipinski definition) is 2. The van der Waals surface area contributed by atoms with Crippen LogP contribution >= 0.6 is 0 Å². The smallest absolute Gasteiger partial charge is 0.251 e. The fraction of sp³-hybridized carbons (Fsp3) is 0.409. The third kappa shape index (κ3) is 4.70. The van der Waals surface area contributed by atoms with E-state index in [-0.39, 0.29) is 11.9 Å². The van der Waals surface area contributed by atoms with Crippen molar-refractivity contribution in [1.29, 1.82) is 0 Å². The van der Waals surface area contributed by atoms with Crippen LogP contribution in [0.4, 0.5) is 0 Å². The van der Waals surface area contributed by atoms with Gasteiger partial charge in [-0.25, -0.2) is 0 Å². The molecule has 0 unspecified atom stereocenters. The Kier molecular flexibility index (Phi) is 5.87. The van der Waals surface area contributed by atoms with Crippen LogP contribution in [0.5, 0.6) is 0 Å². The summed E-state index contributed by atoms with van der Waals surface area (Å²) in [5.41, 5.74) is 4.37. The fourth-order valence-corrected chi connectivity index (χ4v) is 3.57. The minimum absolute atomic E-state index is 0.00160. The first-order valence-electron chi connectivity index (χ1n) is 9.31. The lowest BCUT2D eigenvalue weighted by Gasteiger charge is -2.26. The summed E-state index contributed by atoms with van der Waals surface area (Å²) >= 11 is 0. The standard InChI is InChI=1S/C22H28N2O/c1-17-8-4-5-9-21(17)18(2)23-22(25)20-12-10-19(11-13-20)16-24-14-6-3-7-15-24/h4-5,8-13,18H,3,6-7,14-16H2,1-2H3,(H,23,25)/t18-/m1/s1. The molecule has 132 valence electrons. The van der Waals surface area contributed by atoms with Crippen LogP contribution in [0.25, 0.3) is 0 Å². The lowest BCUT2D eigenvalue weighted by molar-refractivity contribution is 0.0940. The minimum Gasteiger partial charge on any atom is -0.346 e. The van der Waals surface area contributed by atoms with Crippen molar-refractivity contribution in [3.63, 3.8) is 0 Å². The maximum atomic E-state index is 12.5. The summed E-state index contributed by atoms with van der Waals surface area (Å²) in [5.74, 6) is -0.0136. The molecule has 1 saturated heterocycles. The summed E-state index contributed by atoms with van der Waals surface area (Å²) in [7, 11) is 0. The number of amides is 1. The summed E-state index contributed by atoms with van der Waals surface area (Å²) in [6.07, 6.45) is 3.96. The molecule has 0 saturated carbocycles. The minimum atomic E-state index is -0.0136.